The summed E-state index contributed by atoms with van der Waals surface area (Å²) in [5, 5.41) is 2.61. The fourth-order valence-corrected chi connectivity index (χ4v) is 2.35. The lowest BCUT2D eigenvalue weighted by atomic mass is 9.98. The number of rotatable bonds is 4. The van der Waals surface area contributed by atoms with Gasteiger partial charge in [-0.05, 0) is 32.6 Å². The van der Waals surface area contributed by atoms with Crippen LogP contribution in [-0.4, -0.2) is 43.1 Å². The molecule has 0 aliphatic carbocycles. The van der Waals surface area contributed by atoms with Crippen molar-refractivity contribution in [2.24, 2.45) is 5.92 Å². The van der Waals surface area contributed by atoms with E-state index in [4.69, 9.17) is 0 Å². The van der Waals surface area contributed by atoms with Gasteiger partial charge < -0.3 is 15.0 Å². The minimum Gasteiger partial charge on any atom is -0.453 e. The molecule has 1 rings (SSSR count). The lowest BCUT2D eigenvalue weighted by Gasteiger charge is -2.35. The molecule has 1 aliphatic heterocycles. The van der Waals surface area contributed by atoms with Crippen molar-refractivity contribution >= 4 is 12.0 Å². The fourth-order valence-electron chi connectivity index (χ4n) is 2.35. The van der Waals surface area contributed by atoms with Crippen LogP contribution in [0.2, 0.25) is 0 Å². The van der Waals surface area contributed by atoms with Crippen LogP contribution in [0.15, 0.2) is 0 Å². The average molecular weight is 256 g/mol. The van der Waals surface area contributed by atoms with Crippen LogP contribution in [0.3, 0.4) is 0 Å². The Morgan fingerprint density at radius 1 is 1.44 bits per heavy atom. The lowest BCUT2D eigenvalue weighted by molar-refractivity contribution is -0.138. The summed E-state index contributed by atoms with van der Waals surface area (Å²) in [5.74, 6) is 0.00533. The molecule has 1 saturated heterocycles. The highest BCUT2D eigenvalue weighted by atomic mass is 16.5. The van der Waals surface area contributed by atoms with Crippen LogP contribution in [0.4, 0.5) is 4.79 Å². The Balaban J connectivity index is 2.52. The summed E-state index contributed by atoms with van der Waals surface area (Å²) in [7, 11) is 1.32. The van der Waals surface area contributed by atoms with Gasteiger partial charge in [-0.15, -0.1) is 0 Å². The van der Waals surface area contributed by atoms with E-state index in [-0.39, 0.29) is 11.8 Å². The molecule has 1 fully saturated rings. The van der Waals surface area contributed by atoms with Crippen molar-refractivity contribution in [3.8, 4) is 0 Å². The van der Waals surface area contributed by atoms with Gasteiger partial charge in [-0.25, -0.2) is 4.79 Å². The van der Waals surface area contributed by atoms with Crippen LogP contribution in [0.5, 0.6) is 0 Å². The summed E-state index contributed by atoms with van der Waals surface area (Å²) in [4.78, 5) is 25.4. The molecule has 5 heteroatoms. The molecular weight excluding hydrogens is 232 g/mol. The van der Waals surface area contributed by atoms with Gasteiger partial charge in [-0.3, -0.25) is 4.79 Å². The van der Waals surface area contributed by atoms with Crippen molar-refractivity contribution in [3.05, 3.63) is 0 Å². The van der Waals surface area contributed by atoms with Crippen molar-refractivity contribution in [2.75, 3.05) is 20.2 Å². The molecule has 18 heavy (non-hydrogen) atoms. The summed E-state index contributed by atoms with van der Waals surface area (Å²) in [6.45, 7) is 5.26. The molecule has 0 bridgehead atoms. The quantitative estimate of drug-likeness (QED) is 0.834. The number of ether oxygens (including phenoxy) is 1. The molecule has 1 heterocycles. The van der Waals surface area contributed by atoms with Gasteiger partial charge in [-0.2, -0.15) is 0 Å². The van der Waals surface area contributed by atoms with Crippen LogP contribution >= 0.6 is 0 Å². The van der Waals surface area contributed by atoms with Crippen LogP contribution in [0.1, 0.15) is 39.5 Å². The van der Waals surface area contributed by atoms with Gasteiger partial charge in [0.25, 0.3) is 0 Å². The Morgan fingerprint density at radius 2 is 2.17 bits per heavy atom. The van der Waals surface area contributed by atoms with Gasteiger partial charge in [0.2, 0.25) is 5.91 Å². The third-order valence-corrected chi connectivity index (χ3v) is 3.61. The normalized spacial score (nSPS) is 21.3. The number of nitrogens with one attached hydrogen (secondary N) is 1. The first-order valence-electron chi connectivity index (χ1n) is 6.72. The first kappa shape index (κ1) is 14.8. The molecule has 0 saturated carbocycles. The number of likely N-dealkylation sites (tertiary alicyclic amines) is 1. The molecule has 0 aromatic heterocycles. The number of alkyl carbamates (subject to hydrolysis) is 1. The predicted molar refractivity (Wildman–Crippen MR) is 69.2 cm³/mol. The fraction of sp³-hybridized carbons (Fsp3) is 0.846. The van der Waals surface area contributed by atoms with Crippen LogP contribution in [0.25, 0.3) is 0 Å². The summed E-state index contributed by atoms with van der Waals surface area (Å²) in [6, 6.07) is 0.318. The maximum absolute atomic E-state index is 12.4. The van der Waals surface area contributed by atoms with Crippen molar-refractivity contribution in [1.82, 2.24) is 10.2 Å². The number of hydrogen-bond acceptors (Lipinski definition) is 3. The maximum atomic E-state index is 12.4. The average Bonchev–Trinajstić information content (AvgIpc) is 2.39. The Bertz CT molecular complexity index is 294. The lowest BCUT2D eigenvalue weighted by Crippen LogP contribution is -2.47. The summed E-state index contributed by atoms with van der Waals surface area (Å²) in [5.41, 5.74) is 0. The third-order valence-electron chi connectivity index (χ3n) is 3.61. The number of piperidine rings is 1. The van der Waals surface area contributed by atoms with Crippen LogP contribution < -0.4 is 5.32 Å². The molecule has 1 N–H and O–H groups in total. The minimum atomic E-state index is -0.479. The van der Waals surface area contributed by atoms with Gasteiger partial charge in [0, 0.05) is 19.1 Å². The minimum absolute atomic E-state index is 0.148. The number of nitrogens with zero attached hydrogens (tertiary/aromatic N) is 1. The largest absolute Gasteiger partial charge is 0.453 e. The molecule has 104 valence electrons. The molecule has 1 aliphatic rings. The van der Waals surface area contributed by atoms with Crippen molar-refractivity contribution in [3.63, 3.8) is 0 Å². The Kier molecular flexibility index (Phi) is 5.95. The van der Waals surface area contributed by atoms with E-state index in [0.717, 1.165) is 25.8 Å². The second kappa shape index (κ2) is 7.24. The summed E-state index contributed by atoms with van der Waals surface area (Å²) >= 11 is 0. The van der Waals surface area contributed by atoms with E-state index in [1.165, 1.54) is 13.5 Å². The number of carbonyl (C=O) groups excluding carboxylic acids is 2. The molecule has 0 spiro atoms. The van der Waals surface area contributed by atoms with E-state index in [9.17, 15) is 9.59 Å². The topological polar surface area (TPSA) is 58.6 Å². The van der Waals surface area contributed by atoms with Gasteiger partial charge in [0.05, 0.1) is 13.0 Å². The van der Waals surface area contributed by atoms with Crippen molar-refractivity contribution < 1.29 is 14.3 Å². The highest BCUT2D eigenvalue weighted by molar-refractivity contribution is 5.80. The molecule has 0 aromatic carbocycles. The molecule has 0 aromatic rings. The van der Waals surface area contributed by atoms with Gasteiger partial charge in [0.1, 0.15) is 0 Å². The van der Waals surface area contributed by atoms with E-state index in [1.807, 2.05) is 11.8 Å². The second-order valence-electron chi connectivity index (χ2n) is 4.85. The van der Waals surface area contributed by atoms with E-state index in [2.05, 4.69) is 17.0 Å². The number of carbonyl (C=O) groups is 2. The van der Waals surface area contributed by atoms with Crippen LogP contribution in [0, 0.1) is 5.92 Å². The molecular formula is C13H24N2O3. The zero-order valence-electron chi connectivity index (χ0n) is 11.6. The molecule has 2 amide bonds. The SMILES string of the molecule is CCC(CNC(=O)OC)C(=O)N1CCCCC1C. The first-order chi connectivity index (χ1) is 8.60. The number of hydrogen-bond donors (Lipinski definition) is 1. The third kappa shape index (κ3) is 3.89. The Hall–Kier alpha value is -1.26. The zero-order chi connectivity index (χ0) is 13.5. The number of methoxy groups -OCH3 is 1. The summed E-state index contributed by atoms with van der Waals surface area (Å²) in [6.07, 6.45) is 3.60. The van der Waals surface area contributed by atoms with E-state index in [1.54, 1.807) is 0 Å². The molecule has 0 radical (unpaired) electrons. The predicted octanol–water partition coefficient (Wildman–Crippen LogP) is 1.77. The molecule has 5 nitrogen and oxygen atoms in total. The van der Waals surface area contributed by atoms with E-state index < -0.39 is 6.09 Å². The zero-order valence-corrected chi connectivity index (χ0v) is 11.6. The summed E-state index contributed by atoms with van der Waals surface area (Å²) < 4.78 is 4.52. The highest BCUT2D eigenvalue weighted by Crippen LogP contribution is 2.19. The smallest absolute Gasteiger partial charge is 0.406 e. The Labute approximate surface area is 109 Å². The van der Waals surface area contributed by atoms with Crippen molar-refractivity contribution in [1.29, 1.82) is 0 Å². The van der Waals surface area contributed by atoms with Crippen LogP contribution in [-0.2, 0) is 9.53 Å². The van der Waals surface area contributed by atoms with Gasteiger partial charge >= 0.3 is 6.09 Å². The van der Waals surface area contributed by atoms with Crippen molar-refractivity contribution in [2.45, 2.75) is 45.6 Å². The van der Waals surface area contributed by atoms with Gasteiger partial charge in [0.15, 0.2) is 0 Å². The van der Waals surface area contributed by atoms with E-state index >= 15 is 0 Å². The first-order valence-corrected chi connectivity index (χ1v) is 6.72. The highest BCUT2D eigenvalue weighted by Gasteiger charge is 2.28. The molecule has 2 atom stereocenters. The van der Waals surface area contributed by atoms with Gasteiger partial charge in [-0.1, -0.05) is 6.92 Å². The second-order valence-corrected chi connectivity index (χ2v) is 4.85. The standard InChI is InChI=1S/C13H24N2O3/c1-4-11(9-14-13(17)18-3)12(16)15-8-6-5-7-10(15)2/h10-11H,4-9H2,1-3H3,(H,14,17). The maximum Gasteiger partial charge on any atom is 0.406 e. The number of amides is 2. The van der Waals surface area contributed by atoms with E-state index in [0.29, 0.717) is 12.6 Å². The molecule has 2 unspecified atom stereocenters. The Morgan fingerprint density at radius 3 is 2.72 bits per heavy atom. The monoisotopic (exact) mass is 256 g/mol.